The maximum Gasteiger partial charge on any atom is 0.123 e. The zero-order valence-corrected chi connectivity index (χ0v) is 12.5. The molecule has 0 amide bonds. The van der Waals surface area contributed by atoms with Crippen molar-refractivity contribution in [1.82, 2.24) is 10.2 Å². The summed E-state index contributed by atoms with van der Waals surface area (Å²) in [4.78, 5) is 2.51. The lowest BCUT2D eigenvalue weighted by molar-refractivity contribution is 0.131. The van der Waals surface area contributed by atoms with Crippen molar-refractivity contribution in [3.05, 3.63) is 35.6 Å². The predicted octanol–water partition coefficient (Wildman–Crippen LogP) is 3.24. The Hall–Kier alpha value is -0.640. The lowest BCUT2D eigenvalue weighted by Crippen LogP contribution is -2.40. The van der Waals surface area contributed by atoms with Crippen molar-refractivity contribution in [2.75, 3.05) is 26.7 Å². The quantitative estimate of drug-likeness (QED) is 0.914. The van der Waals surface area contributed by atoms with Crippen LogP contribution in [0.3, 0.4) is 0 Å². The molecule has 1 heterocycles. The lowest BCUT2D eigenvalue weighted by Gasteiger charge is -2.37. The van der Waals surface area contributed by atoms with E-state index in [-0.39, 0.29) is 18.2 Å². The monoisotopic (exact) mass is 286 g/mol. The minimum atomic E-state index is -0.155. The number of benzene rings is 1. The number of rotatable bonds is 4. The highest BCUT2D eigenvalue weighted by atomic mass is 35.5. The summed E-state index contributed by atoms with van der Waals surface area (Å²) in [6, 6.07) is 7.30. The van der Waals surface area contributed by atoms with Gasteiger partial charge in [-0.1, -0.05) is 12.1 Å². The van der Waals surface area contributed by atoms with Gasteiger partial charge in [-0.05, 0) is 63.5 Å². The third-order valence-corrected chi connectivity index (χ3v) is 3.94. The average molecular weight is 287 g/mol. The van der Waals surface area contributed by atoms with E-state index in [0.29, 0.717) is 6.04 Å². The standard InChI is InChI=1S/C15H23FN2.ClH/c1-12(14-5-7-15(16)8-6-14)18-9-3-4-13(11-18)10-17-2;/h5-8,12-13,17H,3-4,9-11H2,1-2H3;1H. The van der Waals surface area contributed by atoms with Crippen molar-refractivity contribution >= 4 is 12.4 Å². The van der Waals surface area contributed by atoms with Crippen LogP contribution in [-0.2, 0) is 0 Å². The number of nitrogens with one attached hydrogen (secondary N) is 1. The molecule has 1 aromatic carbocycles. The molecule has 0 spiro atoms. The highest BCUT2D eigenvalue weighted by Gasteiger charge is 2.23. The van der Waals surface area contributed by atoms with E-state index in [1.807, 2.05) is 19.2 Å². The van der Waals surface area contributed by atoms with Crippen LogP contribution in [0, 0.1) is 11.7 Å². The molecule has 19 heavy (non-hydrogen) atoms. The van der Waals surface area contributed by atoms with Crippen molar-refractivity contribution in [3.8, 4) is 0 Å². The third kappa shape index (κ3) is 4.44. The normalized spacial score (nSPS) is 21.7. The third-order valence-electron chi connectivity index (χ3n) is 3.94. The van der Waals surface area contributed by atoms with E-state index < -0.39 is 0 Å². The molecular weight excluding hydrogens is 263 g/mol. The Kier molecular flexibility index (Phi) is 6.76. The number of nitrogens with zero attached hydrogens (tertiary/aromatic N) is 1. The zero-order valence-electron chi connectivity index (χ0n) is 11.7. The molecule has 0 bridgehead atoms. The number of halogens is 2. The van der Waals surface area contributed by atoms with E-state index in [1.54, 1.807) is 12.1 Å². The maximum absolute atomic E-state index is 12.9. The van der Waals surface area contributed by atoms with Crippen LogP contribution >= 0.6 is 12.4 Å². The molecule has 4 heteroatoms. The molecule has 2 nitrogen and oxygen atoms in total. The van der Waals surface area contributed by atoms with Gasteiger partial charge >= 0.3 is 0 Å². The summed E-state index contributed by atoms with van der Waals surface area (Å²) >= 11 is 0. The molecule has 2 unspecified atom stereocenters. The largest absolute Gasteiger partial charge is 0.319 e. The van der Waals surface area contributed by atoms with Crippen molar-refractivity contribution < 1.29 is 4.39 Å². The minimum Gasteiger partial charge on any atom is -0.319 e. The molecule has 0 saturated carbocycles. The van der Waals surface area contributed by atoms with Gasteiger partial charge in [0, 0.05) is 12.6 Å². The first-order valence-corrected chi connectivity index (χ1v) is 6.85. The van der Waals surface area contributed by atoms with Gasteiger partial charge in [-0.15, -0.1) is 12.4 Å². The molecule has 1 aromatic rings. The molecule has 0 aliphatic carbocycles. The summed E-state index contributed by atoms with van der Waals surface area (Å²) < 4.78 is 12.9. The van der Waals surface area contributed by atoms with Crippen LogP contribution in [-0.4, -0.2) is 31.6 Å². The second-order valence-electron chi connectivity index (χ2n) is 5.29. The molecule has 0 aromatic heterocycles. The number of hydrogen-bond acceptors (Lipinski definition) is 2. The highest BCUT2D eigenvalue weighted by molar-refractivity contribution is 5.85. The zero-order chi connectivity index (χ0) is 13.0. The second-order valence-corrected chi connectivity index (χ2v) is 5.29. The van der Waals surface area contributed by atoms with Crippen LogP contribution in [0.15, 0.2) is 24.3 Å². The summed E-state index contributed by atoms with van der Waals surface area (Å²) in [6.07, 6.45) is 2.57. The Morgan fingerprint density at radius 2 is 2.05 bits per heavy atom. The van der Waals surface area contributed by atoms with Gasteiger partial charge in [-0.25, -0.2) is 4.39 Å². The first kappa shape index (κ1) is 16.4. The van der Waals surface area contributed by atoms with Gasteiger partial charge in [-0.2, -0.15) is 0 Å². The first-order valence-electron chi connectivity index (χ1n) is 6.85. The van der Waals surface area contributed by atoms with Crippen molar-refractivity contribution in [3.63, 3.8) is 0 Å². The number of hydrogen-bond donors (Lipinski definition) is 1. The fourth-order valence-electron chi connectivity index (χ4n) is 2.86. The van der Waals surface area contributed by atoms with E-state index in [2.05, 4.69) is 17.1 Å². The van der Waals surface area contributed by atoms with Crippen LogP contribution in [0.25, 0.3) is 0 Å². The van der Waals surface area contributed by atoms with Gasteiger partial charge < -0.3 is 5.32 Å². The summed E-state index contributed by atoms with van der Waals surface area (Å²) in [5.41, 5.74) is 1.21. The summed E-state index contributed by atoms with van der Waals surface area (Å²) in [5.74, 6) is 0.587. The molecule has 1 saturated heterocycles. The topological polar surface area (TPSA) is 15.3 Å². The first-order chi connectivity index (χ1) is 8.70. The van der Waals surface area contributed by atoms with Gasteiger partial charge in [0.1, 0.15) is 5.82 Å². The summed E-state index contributed by atoms with van der Waals surface area (Å²) in [7, 11) is 2.02. The van der Waals surface area contributed by atoms with Crippen LogP contribution < -0.4 is 5.32 Å². The predicted molar refractivity (Wildman–Crippen MR) is 80.3 cm³/mol. The Morgan fingerprint density at radius 3 is 2.68 bits per heavy atom. The Morgan fingerprint density at radius 1 is 1.37 bits per heavy atom. The fourth-order valence-corrected chi connectivity index (χ4v) is 2.86. The van der Waals surface area contributed by atoms with Gasteiger partial charge in [0.25, 0.3) is 0 Å². The SMILES string of the molecule is CNCC1CCCN(C(C)c2ccc(F)cc2)C1.Cl. The Labute approximate surface area is 121 Å². The van der Waals surface area contributed by atoms with E-state index >= 15 is 0 Å². The highest BCUT2D eigenvalue weighted by Crippen LogP contribution is 2.26. The number of piperidine rings is 1. The molecule has 1 aliphatic heterocycles. The van der Waals surface area contributed by atoms with E-state index in [0.717, 1.165) is 25.6 Å². The average Bonchev–Trinajstić information content (AvgIpc) is 2.39. The van der Waals surface area contributed by atoms with Crippen LogP contribution in [0.4, 0.5) is 4.39 Å². The van der Waals surface area contributed by atoms with Crippen LogP contribution in [0.1, 0.15) is 31.4 Å². The number of likely N-dealkylation sites (tertiary alicyclic amines) is 1. The fraction of sp³-hybridized carbons (Fsp3) is 0.600. The Balaban J connectivity index is 0.00000180. The van der Waals surface area contributed by atoms with Gasteiger partial charge in [0.2, 0.25) is 0 Å². The van der Waals surface area contributed by atoms with Crippen molar-refractivity contribution in [2.45, 2.75) is 25.8 Å². The second kappa shape index (κ2) is 7.83. The Bertz CT molecular complexity index is 367. The molecule has 1 fully saturated rings. The molecule has 2 atom stereocenters. The van der Waals surface area contributed by atoms with Crippen LogP contribution in [0.2, 0.25) is 0 Å². The van der Waals surface area contributed by atoms with E-state index in [9.17, 15) is 4.39 Å². The molecular formula is C15H24ClFN2. The van der Waals surface area contributed by atoms with E-state index in [4.69, 9.17) is 0 Å². The van der Waals surface area contributed by atoms with Gasteiger partial charge in [-0.3, -0.25) is 4.90 Å². The maximum atomic E-state index is 12.9. The van der Waals surface area contributed by atoms with Gasteiger partial charge in [0.05, 0.1) is 0 Å². The molecule has 108 valence electrons. The summed E-state index contributed by atoms with van der Waals surface area (Å²) in [5, 5.41) is 3.27. The van der Waals surface area contributed by atoms with E-state index in [1.165, 1.54) is 18.4 Å². The lowest BCUT2D eigenvalue weighted by atomic mass is 9.95. The molecule has 0 radical (unpaired) electrons. The minimum absolute atomic E-state index is 0. The molecule has 2 rings (SSSR count). The van der Waals surface area contributed by atoms with Gasteiger partial charge in [0.15, 0.2) is 0 Å². The smallest absolute Gasteiger partial charge is 0.123 e. The summed E-state index contributed by atoms with van der Waals surface area (Å²) in [6.45, 7) is 5.60. The molecule has 1 N–H and O–H groups in total. The van der Waals surface area contributed by atoms with Crippen molar-refractivity contribution in [2.24, 2.45) is 5.92 Å². The van der Waals surface area contributed by atoms with Crippen LogP contribution in [0.5, 0.6) is 0 Å². The van der Waals surface area contributed by atoms with Crippen molar-refractivity contribution in [1.29, 1.82) is 0 Å². The molecule has 1 aliphatic rings.